The Bertz CT molecular complexity index is 498. The second-order valence-electron chi connectivity index (χ2n) is 5.25. The summed E-state index contributed by atoms with van der Waals surface area (Å²) in [6.07, 6.45) is 0.528. The highest BCUT2D eigenvalue weighted by Gasteiger charge is 2.23. The third kappa shape index (κ3) is 4.26. The maximum Gasteiger partial charge on any atom is 0.328 e. The first-order valence-corrected chi connectivity index (χ1v) is 6.60. The second kappa shape index (κ2) is 6.93. The van der Waals surface area contributed by atoms with E-state index in [1.165, 1.54) is 7.11 Å². The predicted molar refractivity (Wildman–Crippen MR) is 78.3 cm³/mol. The van der Waals surface area contributed by atoms with Crippen LogP contribution in [0.3, 0.4) is 0 Å². The monoisotopic (exact) mass is 278 g/mol. The molecule has 110 valence electrons. The Morgan fingerprint density at radius 3 is 2.50 bits per heavy atom. The average molecular weight is 278 g/mol. The molecule has 5 nitrogen and oxygen atoms in total. The number of carbonyl (C=O) groups excluding carboxylic acids is 2. The molecular formula is C15H22N2O3. The van der Waals surface area contributed by atoms with Crippen LogP contribution in [0.25, 0.3) is 0 Å². The quantitative estimate of drug-likeness (QED) is 0.636. The number of benzene rings is 1. The minimum Gasteiger partial charge on any atom is -0.467 e. The first kappa shape index (κ1) is 16.0. The van der Waals surface area contributed by atoms with Crippen molar-refractivity contribution >= 4 is 17.6 Å². The summed E-state index contributed by atoms with van der Waals surface area (Å²) in [7, 11) is 1.31. The number of amides is 1. The van der Waals surface area contributed by atoms with Crippen LogP contribution in [0.2, 0.25) is 0 Å². The average Bonchev–Trinajstić information content (AvgIpc) is 2.39. The number of aryl methyl sites for hydroxylation is 1. The van der Waals surface area contributed by atoms with Crippen LogP contribution in [0, 0.1) is 12.8 Å². The number of rotatable bonds is 5. The zero-order valence-corrected chi connectivity index (χ0v) is 12.4. The van der Waals surface area contributed by atoms with E-state index in [0.717, 1.165) is 5.56 Å². The Balaban J connectivity index is 2.84. The number of nitrogen functional groups attached to an aromatic ring is 1. The molecule has 0 radical (unpaired) electrons. The van der Waals surface area contributed by atoms with Crippen molar-refractivity contribution in [3.63, 3.8) is 0 Å². The molecule has 20 heavy (non-hydrogen) atoms. The highest BCUT2D eigenvalue weighted by molar-refractivity contribution is 5.97. The number of hydrogen-bond donors (Lipinski definition) is 2. The van der Waals surface area contributed by atoms with Gasteiger partial charge in [-0.15, -0.1) is 0 Å². The van der Waals surface area contributed by atoms with Gasteiger partial charge in [0.25, 0.3) is 5.91 Å². The van der Waals surface area contributed by atoms with Crippen LogP contribution in [-0.2, 0) is 9.53 Å². The molecule has 0 aliphatic rings. The lowest BCUT2D eigenvalue weighted by atomic mass is 10.0. The van der Waals surface area contributed by atoms with Gasteiger partial charge in [-0.1, -0.05) is 19.9 Å². The standard InChI is InChI=1S/C15H22N2O3/c1-9(2)7-13(15(19)20-4)17-14(18)11-6-5-10(3)12(16)8-11/h5-6,8-9,13H,7,16H2,1-4H3,(H,17,18). The summed E-state index contributed by atoms with van der Waals surface area (Å²) in [5.74, 6) is -0.498. The fraction of sp³-hybridized carbons (Fsp3) is 0.467. The molecule has 1 rings (SSSR count). The van der Waals surface area contributed by atoms with E-state index in [-0.39, 0.29) is 11.8 Å². The van der Waals surface area contributed by atoms with Crippen LogP contribution in [0.1, 0.15) is 36.2 Å². The molecule has 1 atom stereocenters. The van der Waals surface area contributed by atoms with Gasteiger partial charge in [-0.3, -0.25) is 4.79 Å². The Morgan fingerprint density at radius 2 is 2.00 bits per heavy atom. The zero-order valence-electron chi connectivity index (χ0n) is 12.4. The van der Waals surface area contributed by atoms with E-state index in [4.69, 9.17) is 10.5 Å². The van der Waals surface area contributed by atoms with Crippen molar-refractivity contribution in [3.05, 3.63) is 29.3 Å². The van der Waals surface area contributed by atoms with Crippen molar-refractivity contribution in [3.8, 4) is 0 Å². The predicted octanol–water partition coefficient (Wildman–Crippen LogP) is 1.89. The molecule has 0 saturated heterocycles. The first-order valence-electron chi connectivity index (χ1n) is 6.60. The van der Waals surface area contributed by atoms with Crippen molar-refractivity contribution in [1.29, 1.82) is 0 Å². The van der Waals surface area contributed by atoms with Gasteiger partial charge in [-0.25, -0.2) is 4.79 Å². The number of ether oxygens (including phenoxy) is 1. The van der Waals surface area contributed by atoms with E-state index in [0.29, 0.717) is 17.7 Å². The summed E-state index contributed by atoms with van der Waals surface area (Å²) in [5.41, 5.74) is 7.68. The van der Waals surface area contributed by atoms with Crippen molar-refractivity contribution in [2.45, 2.75) is 33.2 Å². The molecule has 0 saturated carbocycles. The molecule has 1 aromatic rings. The number of nitrogens with two attached hydrogens (primary N) is 1. The molecule has 5 heteroatoms. The highest BCUT2D eigenvalue weighted by Crippen LogP contribution is 2.14. The highest BCUT2D eigenvalue weighted by atomic mass is 16.5. The molecule has 0 aromatic heterocycles. The molecular weight excluding hydrogens is 256 g/mol. The van der Waals surface area contributed by atoms with Crippen molar-refractivity contribution in [2.24, 2.45) is 5.92 Å². The maximum atomic E-state index is 12.1. The number of nitrogens with one attached hydrogen (secondary N) is 1. The van der Waals surface area contributed by atoms with Gasteiger partial charge in [0.2, 0.25) is 0 Å². The van der Waals surface area contributed by atoms with Crippen LogP contribution in [0.4, 0.5) is 5.69 Å². The molecule has 1 unspecified atom stereocenters. The number of hydrogen-bond acceptors (Lipinski definition) is 4. The van der Waals surface area contributed by atoms with Gasteiger partial charge in [0.05, 0.1) is 7.11 Å². The van der Waals surface area contributed by atoms with Gasteiger partial charge < -0.3 is 15.8 Å². The summed E-state index contributed by atoms with van der Waals surface area (Å²) in [6, 6.07) is 4.42. The fourth-order valence-electron chi connectivity index (χ4n) is 1.85. The molecule has 1 amide bonds. The Labute approximate surface area is 119 Å². The number of carbonyl (C=O) groups is 2. The number of methoxy groups -OCH3 is 1. The molecule has 0 aliphatic carbocycles. The van der Waals surface area contributed by atoms with Crippen LogP contribution >= 0.6 is 0 Å². The minimum atomic E-state index is -0.643. The summed E-state index contributed by atoms with van der Waals surface area (Å²) < 4.78 is 4.71. The van der Waals surface area contributed by atoms with Crippen LogP contribution in [-0.4, -0.2) is 25.0 Å². The van der Waals surface area contributed by atoms with Crippen molar-refractivity contribution in [1.82, 2.24) is 5.32 Å². The third-order valence-corrected chi connectivity index (χ3v) is 3.04. The van der Waals surface area contributed by atoms with E-state index in [2.05, 4.69) is 5.32 Å². The Kier molecular flexibility index (Phi) is 5.55. The molecule has 3 N–H and O–H groups in total. The summed E-state index contributed by atoms with van der Waals surface area (Å²) in [5, 5.41) is 2.69. The van der Waals surface area contributed by atoms with Crippen molar-refractivity contribution in [2.75, 3.05) is 12.8 Å². The van der Waals surface area contributed by atoms with E-state index in [9.17, 15) is 9.59 Å². The molecule has 0 fully saturated rings. The fourth-order valence-corrected chi connectivity index (χ4v) is 1.85. The smallest absolute Gasteiger partial charge is 0.328 e. The number of esters is 1. The lowest BCUT2D eigenvalue weighted by Crippen LogP contribution is -2.42. The SMILES string of the molecule is COC(=O)C(CC(C)C)NC(=O)c1ccc(C)c(N)c1. The van der Waals surface area contributed by atoms with E-state index >= 15 is 0 Å². The van der Waals surface area contributed by atoms with Crippen LogP contribution in [0.15, 0.2) is 18.2 Å². The van der Waals surface area contributed by atoms with Crippen molar-refractivity contribution < 1.29 is 14.3 Å². The third-order valence-electron chi connectivity index (χ3n) is 3.04. The van der Waals surface area contributed by atoms with Crippen LogP contribution < -0.4 is 11.1 Å². The van der Waals surface area contributed by atoms with Gasteiger partial charge >= 0.3 is 5.97 Å². The van der Waals surface area contributed by atoms with Gasteiger partial charge in [-0.2, -0.15) is 0 Å². The maximum absolute atomic E-state index is 12.1. The van der Waals surface area contributed by atoms with Gasteiger partial charge in [0, 0.05) is 11.3 Å². The van der Waals surface area contributed by atoms with E-state index in [1.54, 1.807) is 18.2 Å². The number of anilines is 1. The molecule has 0 bridgehead atoms. The Hall–Kier alpha value is -2.04. The van der Waals surface area contributed by atoms with Gasteiger partial charge in [0.1, 0.15) is 6.04 Å². The largest absolute Gasteiger partial charge is 0.467 e. The summed E-state index contributed by atoms with van der Waals surface area (Å²) >= 11 is 0. The lowest BCUT2D eigenvalue weighted by Gasteiger charge is -2.18. The normalized spacial score (nSPS) is 12.1. The Morgan fingerprint density at radius 1 is 1.35 bits per heavy atom. The van der Waals surface area contributed by atoms with Gasteiger partial charge in [-0.05, 0) is 37.0 Å². The molecule has 1 aromatic carbocycles. The van der Waals surface area contributed by atoms with E-state index in [1.807, 2.05) is 20.8 Å². The second-order valence-corrected chi connectivity index (χ2v) is 5.25. The topological polar surface area (TPSA) is 81.4 Å². The molecule has 0 aliphatic heterocycles. The molecule has 0 heterocycles. The summed E-state index contributed by atoms with van der Waals surface area (Å²) in [4.78, 5) is 23.8. The molecule has 0 spiro atoms. The minimum absolute atomic E-state index is 0.266. The van der Waals surface area contributed by atoms with E-state index < -0.39 is 12.0 Å². The summed E-state index contributed by atoms with van der Waals surface area (Å²) in [6.45, 7) is 5.82. The lowest BCUT2D eigenvalue weighted by molar-refractivity contribution is -0.143. The first-order chi connectivity index (χ1) is 9.35. The zero-order chi connectivity index (χ0) is 15.3. The van der Waals surface area contributed by atoms with Crippen LogP contribution in [0.5, 0.6) is 0 Å². The van der Waals surface area contributed by atoms with Gasteiger partial charge in [0.15, 0.2) is 0 Å².